The van der Waals surface area contributed by atoms with Gasteiger partial charge in [0.2, 0.25) is 0 Å². The van der Waals surface area contributed by atoms with E-state index in [-0.39, 0.29) is 0 Å². The van der Waals surface area contributed by atoms with Gasteiger partial charge in [-0.15, -0.1) is 0 Å². The molecule has 100 valence electrons. The molecule has 2 nitrogen and oxygen atoms in total. The molecule has 0 aromatic rings. The Bertz CT molecular complexity index is 202. The van der Waals surface area contributed by atoms with Crippen molar-refractivity contribution in [2.45, 2.75) is 51.0 Å². The molecule has 1 saturated heterocycles. The Kier molecular flexibility index (Phi) is 6.30. The van der Waals surface area contributed by atoms with Crippen LogP contribution in [0.2, 0.25) is 0 Å². The zero-order valence-corrected chi connectivity index (χ0v) is 12.6. The van der Waals surface area contributed by atoms with Crippen molar-refractivity contribution in [3.63, 3.8) is 0 Å². The molecule has 0 bridgehead atoms. The fourth-order valence-corrected chi connectivity index (χ4v) is 3.82. The molecule has 2 fully saturated rings. The van der Waals surface area contributed by atoms with E-state index in [4.69, 9.17) is 0 Å². The average Bonchev–Trinajstić information content (AvgIpc) is 2.71. The lowest BCUT2D eigenvalue weighted by Crippen LogP contribution is -2.38. The first-order valence-corrected chi connectivity index (χ1v) is 8.54. The fourth-order valence-electron chi connectivity index (χ4n) is 3.32. The molecule has 1 heterocycles. The van der Waals surface area contributed by atoms with Crippen molar-refractivity contribution >= 4 is 15.9 Å². The van der Waals surface area contributed by atoms with Gasteiger partial charge in [0.15, 0.2) is 0 Å². The van der Waals surface area contributed by atoms with Gasteiger partial charge in [-0.3, -0.25) is 4.90 Å². The molecule has 1 aliphatic carbocycles. The highest BCUT2D eigenvalue weighted by molar-refractivity contribution is 9.09. The molecule has 0 atom stereocenters. The third kappa shape index (κ3) is 4.53. The monoisotopic (exact) mass is 302 g/mol. The Morgan fingerprint density at radius 2 is 1.59 bits per heavy atom. The van der Waals surface area contributed by atoms with Crippen LogP contribution in [0.15, 0.2) is 0 Å². The molecule has 1 saturated carbocycles. The lowest BCUT2D eigenvalue weighted by atomic mass is 10.1. The van der Waals surface area contributed by atoms with Gasteiger partial charge in [0.05, 0.1) is 0 Å². The van der Waals surface area contributed by atoms with Crippen LogP contribution < -0.4 is 0 Å². The first kappa shape index (κ1) is 13.8. The Morgan fingerprint density at radius 3 is 2.29 bits per heavy atom. The molecule has 17 heavy (non-hydrogen) atoms. The van der Waals surface area contributed by atoms with Crippen molar-refractivity contribution < 1.29 is 0 Å². The highest BCUT2D eigenvalue weighted by atomic mass is 79.9. The van der Waals surface area contributed by atoms with Gasteiger partial charge in [0, 0.05) is 31.0 Å². The van der Waals surface area contributed by atoms with Crippen LogP contribution in [0, 0.1) is 0 Å². The minimum atomic E-state index is 0.904. The van der Waals surface area contributed by atoms with E-state index in [0.29, 0.717) is 0 Å². The van der Waals surface area contributed by atoms with Crippen molar-refractivity contribution in [3.8, 4) is 0 Å². The zero-order chi connectivity index (χ0) is 11.9. The van der Waals surface area contributed by atoms with Crippen molar-refractivity contribution in [2.75, 3.05) is 38.1 Å². The van der Waals surface area contributed by atoms with Crippen molar-refractivity contribution in [1.29, 1.82) is 0 Å². The maximum absolute atomic E-state index is 3.56. The summed E-state index contributed by atoms with van der Waals surface area (Å²) in [5, 5.41) is 1.12. The normalized spacial score (nSPS) is 26.6. The molecule has 2 rings (SSSR count). The molecular weight excluding hydrogens is 276 g/mol. The van der Waals surface area contributed by atoms with Gasteiger partial charge in [0.25, 0.3) is 0 Å². The van der Waals surface area contributed by atoms with Crippen LogP contribution in [0.1, 0.15) is 44.9 Å². The predicted molar refractivity (Wildman–Crippen MR) is 77.9 cm³/mol. The number of nitrogens with zero attached hydrogens (tertiary/aromatic N) is 2. The van der Waals surface area contributed by atoms with Crippen LogP contribution in [0.25, 0.3) is 0 Å². The van der Waals surface area contributed by atoms with Crippen molar-refractivity contribution in [1.82, 2.24) is 9.80 Å². The van der Waals surface area contributed by atoms with Gasteiger partial charge in [-0.1, -0.05) is 41.6 Å². The highest BCUT2D eigenvalue weighted by Crippen LogP contribution is 2.22. The molecule has 2 aliphatic rings. The smallest absolute Gasteiger partial charge is 0.0159 e. The predicted octanol–water partition coefficient (Wildman–Crippen LogP) is 3.11. The Balaban J connectivity index is 1.80. The second-order valence-electron chi connectivity index (χ2n) is 5.57. The second kappa shape index (κ2) is 7.75. The second-order valence-corrected chi connectivity index (χ2v) is 6.36. The van der Waals surface area contributed by atoms with Gasteiger partial charge in [-0.25, -0.2) is 0 Å². The molecule has 0 amide bonds. The van der Waals surface area contributed by atoms with Crippen LogP contribution in [0.5, 0.6) is 0 Å². The first-order chi connectivity index (χ1) is 8.40. The number of alkyl halides is 1. The van der Waals surface area contributed by atoms with E-state index in [1.54, 1.807) is 0 Å². The summed E-state index contributed by atoms with van der Waals surface area (Å²) in [7, 11) is 0. The van der Waals surface area contributed by atoms with E-state index < -0.39 is 0 Å². The maximum Gasteiger partial charge on any atom is 0.0159 e. The molecule has 0 unspecified atom stereocenters. The van der Waals surface area contributed by atoms with Crippen molar-refractivity contribution in [3.05, 3.63) is 0 Å². The van der Waals surface area contributed by atoms with E-state index in [0.717, 1.165) is 11.4 Å². The van der Waals surface area contributed by atoms with Crippen LogP contribution >= 0.6 is 15.9 Å². The maximum atomic E-state index is 3.56. The Morgan fingerprint density at radius 1 is 0.824 bits per heavy atom. The molecular formula is C14H27BrN2. The minimum Gasteiger partial charge on any atom is -0.301 e. The summed E-state index contributed by atoms with van der Waals surface area (Å²) in [4.78, 5) is 5.41. The molecule has 0 aromatic carbocycles. The molecule has 1 aliphatic heterocycles. The van der Waals surface area contributed by atoms with Gasteiger partial charge in [-0.2, -0.15) is 0 Å². The van der Waals surface area contributed by atoms with Gasteiger partial charge >= 0.3 is 0 Å². The third-order valence-electron chi connectivity index (χ3n) is 4.36. The molecule has 0 aromatic heterocycles. The lowest BCUT2D eigenvalue weighted by Gasteiger charge is -2.29. The first-order valence-electron chi connectivity index (χ1n) is 7.42. The minimum absolute atomic E-state index is 0.904. The Hall–Kier alpha value is 0.400. The molecule has 0 radical (unpaired) electrons. The fraction of sp³-hybridized carbons (Fsp3) is 1.00. The van der Waals surface area contributed by atoms with E-state index in [2.05, 4.69) is 25.7 Å². The molecule has 0 N–H and O–H groups in total. The quantitative estimate of drug-likeness (QED) is 0.584. The van der Waals surface area contributed by atoms with E-state index in [1.165, 1.54) is 77.7 Å². The third-order valence-corrected chi connectivity index (χ3v) is 4.72. The number of hydrogen-bond donors (Lipinski definition) is 0. The summed E-state index contributed by atoms with van der Waals surface area (Å²) >= 11 is 3.56. The highest BCUT2D eigenvalue weighted by Gasteiger charge is 2.22. The van der Waals surface area contributed by atoms with Crippen molar-refractivity contribution in [2.24, 2.45) is 0 Å². The van der Waals surface area contributed by atoms with E-state index in [1.807, 2.05) is 0 Å². The lowest BCUT2D eigenvalue weighted by molar-refractivity contribution is 0.182. The summed E-state index contributed by atoms with van der Waals surface area (Å²) in [5.41, 5.74) is 0. The topological polar surface area (TPSA) is 6.48 Å². The molecule has 0 spiro atoms. The summed E-state index contributed by atoms with van der Waals surface area (Å²) < 4.78 is 0. The van der Waals surface area contributed by atoms with Crippen LogP contribution in [-0.4, -0.2) is 53.9 Å². The standard InChI is InChI=1S/C14H27BrN2/c15-8-11-16-9-5-10-17(13-12-16)14-6-3-1-2-4-7-14/h14H,1-13H2. The number of hydrogen-bond acceptors (Lipinski definition) is 2. The summed E-state index contributed by atoms with van der Waals surface area (Å²) in [6.45, 7) is 6.44. The van der Waals surface area contributed by atoms with Crippen LogP contribution in [-0.2, 0) is 0 Å². The average molecular weight is 303 g/mol. The van der Waals surface area contributed by atoms with Crippen LogP contribution in [0.4, 0.5) is 0 Å². The van der Waals surface area contributed by atoms with Crippen LogP contribution in [0.3, 0.4) is 0 Å². The van der Waals surface area contributed by atoms with Gasteiger partial charge in [0.1, 0.15) is 0 Å². The SMILES string of the molecule is BrCCN1CCCN(C2CCCCCC2)CC1. The Labute approximate surface area is 115 Å². The summed E-state index contributed by atoms with van der Waals surface area (Å²) in [6, 6.07) is 0.904. The number of rotatable bonds is 3. The van der Waals surface area contributed by atoms with E-state index in [9.17, 15) is 0 Å². The largest absolute Gasteiger partial charge is 0.301 e. The summed E-state index contributed by atoms with van der Waals surface area (Å²) in [6.07, 6.45) is 10.2. The zero-order valence-electron chi connectivity index (χ0n) is 11.0. The van der Waals surface area contributed by atoms with E-state index >= 15 is 0 Å². The summed E-state index contributed by atoms with van der Waals surface area (Å²) in [5.74, 6) is 0. The van der Waals surface area contributed by atoms with Gasteiger partial charge in [-0.05, 0) is 32.4 Å². The van der Waals surface area contributed by atoms with Gasteiger partial charge < -0.3 is 4.90 Å². The molecule has 3 heteroatoms. The number of halogens is 1.